The van der Waals surface area contributed by atoms with Crippen molar-refractivity contribution in [1.29, 1.82) is 0 Å². The summed E-state index contributed by atoms with van der Waals surface area (Å²) in [4.78, 5) is 22.7. The molecular weight excluding hydrogens is 360 g/mol. The van der Waals surface area contributed by atoms with E-state index < -0.39 is 43.3 Å². The normalized spacial score (nSPS) is 37.2. The summed E-state index contributed by atoms with van der Waals surface area (Å²) < 4.78 is 10.6. The number of aliphatic hydroxyl groups is 4. The molecule has 0 bridgehead atoms. The average molecular weight is 388 g/mol. The van der Waals surface area contributed by atoms with Crippen LogP contribution < -0.4 is 0 Å². The van der Waals surface area contributed by atoms with Crippen LogP contribution in [-0.4, -0.2) is 81.2 Å². The molecule has 1 aliphatic carbocycles. The highest BCUT2D eigenvalue weighted by Crippen LogP contribution is 2.34. The largest absolute Gasteiger partial charge is 0.481 e. The number of hydrogen-bond donors (Lipinski definition) is 5. The predicted molar refractivity (Wildman–Crippen MR) is 91.6 cm³/mol. The van der Waals surface area contributed by atoms with Crippen molar-refractivity contribution in [3.63, 3.8) is 0 Å². The minimum atomic E-state index is -1.48. The van der Waals surface area contributed by atoms with Crippen molar-refractivity contribution in [2.24, 2.45) is 11.8 Å². The van der Waals surface area contributed by atoms with E-state index >= 15 is 0 Å². The summed E-state index contributed by atoms with van der Waals surface area (Å²) in [6.07, 6.45) is -0.898. The van der Waals surface area contributed by atoms with Gasteiger partial charge in [0, 0.05) is 18.8 Å². The monoisotopic (exact) mass is 388 g/mol. The molecular formula is C18H28O9. The molecule has 1 saturated heterocycles. The smallest absolute Gasteiger partial charge is 0.303 e. The number of ketones is 1. The van der Waals surface area contributed by atoms with Gasteiger partial charge in [0.2, 0.25) is 0 Å². The Morgan fingerprint density at radius 2 is 1.93 bits per heavy atom. The summed E-state index contributed by atoms with van der Waals surface area (Å²) in [5, 5.41) is 47.3. The molecule has 0 amide bonds. The van der Waals surface area contributed by atoms with Gasteiger partial charge in [0.15, 0.2) is 6.29 Å². The molecule has 0 spiro atoms. The second kappa shape index (κ2) is 10.3. The molecule has 9 heteroatoms. The topological polar surface area (TPSA) is 154 Å². The Hall–Kier alpha value is -1.36. The molecule has 2 aliphatic rings. The van der Waals surface area contributed by atoms with E-state index in [9.17, 15) is 24.9 Å². The van der Waals surface area contributed by atoms with Crippen molar-refractivity contribution in [3.8, 4) is 0 Å². The first-order valence-electron chi connectivity index (χ1n) is 9.16. The van der Waals surface area contributed by atoms with E-state index in [-0.39, 0.29) is 30.6 Å². The molecule has 1 aliphatic heterocycles. The van der Waals surface area contributed by atoms with Crippen molar-refractivity contribution in [2.75, 3.05) is 13.2 Å². The van der Waals surface area contributed by atoms with Gasteiger partial charge >= 0.3 is 5.97 Å². The second-order valence-electron chi connectivity index (χ2n) is 7.03. The lowest BCUT2D eigenvalue weighted by molar-refractivity contribution is -0.300. The molecule has 0 aromatic heterocycles. The van der Waals surface area contributed by atoms with Crippen molar-refractivity contribution in [2.45, 2.75) is 62.8 Å². The van der Waals surface area contributed by atoms with Crippen LogP contribution in [0.5, 0.6) is 0 Å². The van der Waals surface area contributed by atoms with Crippen LogP contribution in [0.15, 0.2) is 12.2 Å². The number of carboxylic acids is 1. The maximum atomic E-state index is 11.9. The lowest BCUT2D eigenvalue weighted by Crippen LogP contribution is -2.59. The van der Waals surface area contributed by atoms with Gasteiger partial charge in [-0.1, -0.05) is 12.2 Å². The fraction of sp³-hybridized carbons (Fsp3) is 0.778. The molecule has 27 heavy (non-hydrogen) atoms. The standard InChI is InChI=1S/C18H28O9/c19-9-13-15(23)16(24)17(25)18(27-13)26-7-3-1-2-4-11-10(8-14(21)22)5-6-12(11)20/h1-2,10-11,13,15-19,23-25H,3-9H2,(H,21,22)/b2-1-/t10-,11-,13-,15-,16+,17+,18+/m1/s1. The third-order valence-electron chi connectivity index (χ3n) is 5.15. The Morgan fingerprint density at radius 1 is 1.19 bits per heavy atom. The first-order valence-corrected chi connectivity index (χ1v) is 9.16. The van der Waals surface area contributed by atoms with E-state index in [1.165, 1.54) is 0 Å². The lowest BCUT2D eigenvalue weighted by Gasteiger charge is -2.39. The quantitative estimate of drug-likeness (QED) is 0.252. The van der Waals surface area contributed by atoms with Gasteiger partial charge in [0.05, 0.1) is 13.2 Å². The predicted octanol–water partition coefficient (Wildman–Crippen LogP) is -0.791. The first kappa shape index (κ1) is 21.9. The average Bonchev–Trinajstić information content (AvgIpc) is 2.96. The van der Waals surface area contributed by atoms with Gasteiger partial charge < -0.3 is 35.0 Å². The van der Waals surface area contributed by atoms with Crippen molar-refractivity contribution in [3.05, 3.63) is 12.2 Å². The molecule has 9 nitrogen and oxygen atoms in total. The molecule has 1 heterocycles. The van der Waals surface area contributed by atoms with E-state index in [1.54, 1.807) is 6.08 Å². The molecule has 0 radical (unpaired) electrons. The molecule has 2 rings (SSSR count). The number of rotatable bonds is 9. The summed E-state index contributed by atoms with van der Waals surface area (Å²) in [5.41, 5.74) is 0. The van der Waals surface area contributed by atoms with Crippen molar-refractivity contribution in [1.82, 2.24) is 0 Å². The highest BCUT2D eigenvalue weighted by atomic mass is 16.7. The number of carbonyl (C=O) groups excluding carboxylic acids is 1. The van der Waals surface area contributed by atoms with Crippen molar-refractivity contribution < 1.29 is 44.6 Å². The number of ether oxygens (including phenoxy) is 2. The number of aliphatic hydroxyl groups excluding tert-OH is 4. The van der Waals surface area contributed by atoms with E-state index in [4.69, 9.17) is 19.7 Å². The van der Waals surface area contributed by atoms with Crippen LogP contribution in [0, 0.1) is 11.8 Å². The molecule has 1 saturated carbocycles. The molecule has 0 aromatic carbocycles. The zero-order valence-electron chi connectivity index (χ0n) is 15.0. The van der Waals surface area contributed by atoms with Crippen LogP contribution >= 0.6 is 0 Å². The Kier molecular flexibility index (Phi) is 8.33. The number of carboxylic acid groups (broad SMARTS) is 1. The third-order valence-corrected chi connectivity index (χ3v) is 5.15. The zero-order chi connectivity index (χ0) is 20.0. The fourth-order valence-corrected chi connectivity index (χ4v) is 3.59. The number of Topliss-reactive ketones (excluding diaryl/α,β-unsaturated/α-hetero) is 1. The van der Waals surface area contributed by atoms with Gasteiger partial charge in [-0.2, -0.15) is 0 Å². The Balaban J connectivity index is 1.73. The summed E-state index contributed by atoms with van der Waals surface area (Å²) >= 11 is 0. The maximum absolute atomic E-state index is 11.9. The fourth-order valence-electron chi connectivity index (χ4n) is 3.59. The number of hydrogen-bond acceptors (Lipinski definition) is 8. The summed E-state index contributed by atoms with van der Waals surface area (Å²) in [6, 6.07) is 0. The third kappa shape index (κ3) is 5.81. The van der Waals surface area contributed by atoms with E-state index in [2.05, 4.69) is 0 Å². The molecule has 0 aromatic rings. The molecule has 154 valence electrons. The molecule has 2 fully saturated rings. The minimum absolute atomic E-state index is 0.00443. The Labute approximate surface area is 157 Å². The van der Waals surface area contributed by atoms with Crippen LogP contribution in [-0.2, 0) is 19.1 Å². The molecule has 7 atom stereocenters. The van der Waals surface area contributed by atoms with Gasteiger partial charge in [-0.3, -0.25) is 9.59 Å². The highest BCUT2D eigenvalue weighted by molar-refractivity contribution is 5.84. The second-order valence-corrected chi connectivity index (χ2v) is 7.03. The maximum Gasteiger partial charge on any atom is 0.303 e. The van der Waals surface area contributed by atoms with E-state index in [1.807, 2.05) is 6.08 Å². The van der Waals surface area contributed by atoms with Crippen LogP contribution in [0.1, 0.15) is 32.1 Å². The number of allylic oxidation sites excluding steroid dienone is 1. The zero-order valence-corrected chi connectivity index (χ0v) is 15.0. The summed E-state index contributed by atoms with van der Waals surface area (Å²) in [7, 11) is 0. The lowest BCUT2D eigenvalue weighted by atomic mass is 9.89. The Morgan fingerprint density at radius 3 is 2.59 bits per heavy atom. The first-order chi connectivity index (χ1) is 12.8. The van der Waals surface area contributed by atoms with Gasteiger partial charge in [-0.05, 0) is 25.2 Å². The van der Waals surface area contributed by atoms with E-state index in [0.29, 0.717) is 25.7 Å². The SMILES string of the molecule is O=C(O)C[C@H]1CCC(=O)[C@@H]1C/C=C\CCO[C@H]1O[C@H](CO)[C@@H](O)[C@H](O)[C@@H]1O. The van der Waals surface area contributed by atoms with Crippen LogP contribution in [0.25, 0.3) is 0 Å². The minimum Gasteiger partial charge on any atom is -0.481 e. The number of aliphatic carboxylic acids is 1. The molecule has 5 N–H and O–H groups in total. The highest BCUT2D eigenvalue weighted by Gasteiger charge is 2.43. The Bertz CT molecular complexity index is 533. The van der Waals surface area contributed by atoms with Crippen LogP contribution in [0.2, 0.25) is 0 Å². The van der Waals surface area contributed by atoms with Crippen molar-refractivity contribution >= 4 is 11.8 Å². The van der Waals surface area contributed by atoms with Crippen LogP contribution in [0.4, 0.5) is 0 Å². The summed E-state index contributed by atoms with van der Waals surface area (Å²) in [5.74, 6) is -1.17. The summed E-state index contributed by atoms with van der Waals surface area (Å²) in [6.45, 7) is -0.353. The molecule has 0 unspecified atom stereocenters. The number of carbonyl (C=O) groups is 2. The van der Waals surface area contributed by atoms with Gasteiger partial charge in [-0.15, -0.1) is 0 Å². The van der Waals surface area contributed by atoms with Gasteiger partial charge in [0.1, 0.15) is 30.2 Å². The van der Waals surface area contributed by atoms with Gasteiger partial charge in [-0.25, -0.2) is 0 Å². The van der Waals surface area contributed by atoms with E-state index in [0.717, 1.165) is 0 Å². The van der Waals surface area contributed by atoms with Crippen LogP contribution in [0.3, 0.4) is 0 Å². The van der Waals surface area contributed by atoms with Gasteiger partial charge in [0.25, 0.3) is 0 Å².